The molecule has 0 saturated heterocycles. The van der Waals surface area contributed by atoms with Gasteiger partial charge in [0, 0.05) is 0 Å². The Hall–Kier alpha value is -2.27. The molecule has 94 valence electrons. The number of aromatic nitrogens is 2. The predicted molar refractivity (Wildman–Crippen MR) is 68.5 cm³/mol. The molecule has 2 aromatic rings. The molecule has 0 fully saturated rings. The van der Waals surface area contributed by atoms with Crippen LogP contribution < -0.4 is 0 Å². The van der Waals surface area contributed by atoms with Crippen LogP contribution in [0.5, 0.6) is 0 Å². The van der Waals surface area contributed by atoms with E-state index in [1.54, 1.807) is 0 Å². The molecule has 0 amide bonds. The number of hydrogen-bond donors (Lipinski definition) is 1. The maximum atomic E-state index is 10.4. The first-order valence-electron chi connectivity index (χ1n) is 6.21. The van der Waals surface area contributed by atoms with Gasteiger partial charge >= 0.3 is 0 Å². The summed E-state index contributed by atoms with van der Waals surface area (Å²) in [6.45, 7) is 0. The van der Waals surface area contributed by atoms with Crippen molar-refractivity contribution in [2.75, 3.05) is 0 Å². The lowest BCUT2D eigenvalue weighted by Gasteiger charge is -2.14. The Kier molecular flexibility index (Phi) is 2.16. The molecular weight excluding hydrogens is 242 g/mol. The molecule has 1 aliphatic heterocycles. The van der Waals surface area contributed by atoms with Crippen molar-refractivity contribution in [3.8, 4) is 0 Å². The fourth-order valence-electron chi connectivity index (χ4n) is 2.64. The number of fused-ring (bicyclic) bond motifs is 2. The summed E-state index contributed by atoms with van der Waals surface area (Å²) in [6, 6.07) is 9.71. The van der Waals surface area contributed by atoms with Gasteiger partial charge in [-0.15, -0.1) is 0 Å². The third kappa shape index (κ3) is 1.48. The third-order valence-electron chi connectivity index (χ3n) is 3.61. The van der Waals surface area contributed by atoms with Gasteiger partial charge in [-0.2, -0.15) is 0 Å². The highest BCUT2D eigenvalue weighted by Crippen LogP contribution is 2.37. The topological polar surface area (TPSA) is 71.5 Å². The molecule has 1 N–H and O–H groups in total. The maximum Gasteiger partial charge on any atom is 0.156 e. The number of aliphatic hydroxyl groups excluding tert-OH is 1. The van der Waals surface area contributed by atoms with E-state index < -0.39 is 6.10 Å². The number of rotatable bonds is 1. The van der Waals surface area contributed by atoms with Crippen LogP contribution in [0.1, 0.15) is 23.4 Å². The average Bonchev–Trinajstić information content (AvgIpc) is 3.04. The minimum Gasteiger partial charge on any atom is -0.382 e. The lowest BCUT2D eigenvalue weighted by Crippen LogP contribution is -2.21. The smallest absolute Gasteiger partial charge is 0.156 e. The van der Waals surface area contributed by atoms with Gasteiger partial charge in [-0.05, 0) is 29.1 Å². The van der Waals surface area contributed by atoms with Crippen molar-refractivity contribution in [1.29, 1.82) is 0 Å². The zero-order valence-electron chi connectivity index (χ0n) is 10.1. The Bertz CT molecular complexity index is 700. The molecule has 5 heteroatoms. The highest BCUT2D eigenvalue weighted by atomic mass is 16.6. The normalized spacial score (nSPS) is 21.1. The minimum atomic E-state index is -0.651. The summed E-state index contributed by atoms with van der Waals surface area (Å²) in [5, 5.41) is 18.2. The van der Waals surface area contributed by atoms with E-state index in [0.717, 1.165) is 35.4 Å². The van der Waals surface area contributed by atoms with Crippen molar-refractivity contribution >= 4 is 11.4 Å². The van der Waals surface area contributed by atoms with Crippen molar-refractivity contribution < 1.29 is 9.74 Å². The van der Waals surface area contributed by atoms with E-state index in [9.17, 15) is 5.11 Å². The van der Waals surface area contributed by atoms with E-state index in [0.29, 0.717) is 11.4 Å². The molecule has 1 aromatic heterocycles. The highest BCUT2D eigenvalue weighted by molar-refractivity contribution is 6.11. The molecule has 0 spiro atoms. The number of aliphatic hydroxyl groups is 1. The molecule has 1 atom stereocenters. The van der Waals surface area contributed by atoms with Crippen LogP contribution in [0.3, 0.4) is 0 Å². The molecule has 5 nitrogen and oxygen atoms in total. The lowest BCUT2D eigenvalue weighted by atomic mass is 9.92. The van der Waals surface area contributed by atoms with Crippen LogP contribution in [-0.2, 0) is 6.42 Å². The summed E-state index contributed by atoms with van der Waals surface area (Å²) in [4.78, 5) is 4.56. The molecular formula is C14H11N3O2. The Balaban J connectivity index is 1.83. The van der Waals surface area contributed by atoms with Crippen LogP contribution in [0.15, 0.2) is 45.5 Å². The summed E-state index contributed by atoms with van der Waals surface area (Å²) in [5.74, 6) is 0. The van der Waals surface area contributed by atoms with Gasteiger partial charge in [0.05, 0.1) is 11.4 Å². The van der Waals surface area contributed by atoms with E-state index >= 15 is 0 Å². The summed E-state index contributed by atoms with van der Waals surface area (Å²) >= 11 is 0. The van der Waals surface area contributed by atoms with Crippen LogP contribution in [0.25, 0.3) is 5.70 Å². The van der Waals surface area contributed by atoms with Gasteiger partial charge in [-0.25, -0.2) is 9.62 Å². The molecule has 0 saturated carbocycles. The second kappa shape index (κ2) is 3.86. The van der Waals surface area contributed by atoms with Crippen molar-refractivity contribution in [3.05, 3.63) is 52.9 Å². The number of benzene rings is 1. The van der Waals surface area contributed by atoms with E-state index in [2.05, 4.69) is 15.3 Å². The van der Waals surface area contributed by atoms with E-state index in [-0.39, 0.29) is 0 Å². The van der Waals surface area contributed by atoms with Gasteiger partial charge in [0.2, 0.25) is 0 Å². The zero-order valence-corrected chi connectivity index (χ0v) is 10.1. The van der Waals surface area contributed by atoms with Crippen LogP contribution in [0.2, 0.25) is 0 Å². The summed E-state index contributed by atoms with van der Waals surface area (Å²) in [6.07, 6.45) is 0.839. The van der Waals surface area contributed by atoms with Crippen LogP contribution in [0, 0.1) is 0 Å². The zero-order chi connectivity index (χ0) is 12.8. The molecule has 0 radical (unpaired) electrons. The van der Waals surface area contributed by atoms with Gasteiger partial charge in [-0.3, -0.25) is 0 Å². The third-order valence-corrected chi connectivity index (χ3v) is 3.61. The molecule has 1 unspecified atom stereocenters. The predicted octanol–water partition coefficient (Wildman–Crippen LogP) is 1.59. The first-order valence-corrected chi connectivity index (χ1v) is 6.21. The number of nitrogens with zero attached hydrogens (tertiary/aromatic N) is 3. The molecule has 19 heavy (non-hydrogen) atoms. The number of hydrogen-bond acceptors (Lipinski definition) is 5. The van der Waals surface area contributed by atoms with Crippen LogP contribution in [-0.4, -0.2) is 27.2 Å². The van der Waals surface area contributed by atoms with E-state index in [1.807, 2.05) is 30.3 Å². The van der Waals surface area contributed by atoms with Crippen molar-refractivity contribution in [3.63, 3.8) is 0 Å². The van der Waals surface area contributed by atoms with Crippen LogP contribution >= 0.6 is 0 Å². The van der Waals surface area contributed by atoms with Gasteiger partial charge in [0.25, 0.3) is 0 Å². The lowest BCUT2D eigenvalue weighted by molar-refractivity contribution is 0.275. The number of aliphatic imine (C=N–C) groups is 1. The summed E-state index contributed by atoms with van der Waals surface area (Å²) < 4.78 is 4.77. The summed E-state index contributed by atoms with van der Waals surface area (Å²) in [5.41, 5.74) is 4.76. The van der Waals surface area contributed by atoms with Crippen molar-refractivity contribution in [2.24, 2.45) is 4.99 Å². The Morgan fingerprint density at radius 3 is 2.79 bits per heavy atom. The average molecular weight is 253 g/mol. The first-order chi connectivity index (χ1) is 9.34. The highest BCUT2D eigenvalue weighted by Gasteiger charge is 2.35. The molecule has 4 rings (SSSR count). The Morgan fingerprint density at radius 2 is 1.95 bits per heavy atom. The van der Waals surface area contributed by atoms with Gasteiger partial charge in [-0.1, -0.05) is 35.5 Å². The van der Waals surface area contributed by atoms with Crippen molar-refractivity contribution in [2.45, 2.75) is 18.9 Å². The standard InChI is InChI=1S/C14H11N3O2/c18-14-9-6-7-10-13(17-19-16-10)12(9)15-11(14)8-4-2-1-3-5-8/h1-5,14,18H,6-7H2. The second-order valence-electron chi connectivity index (χ2n) is 4.70. The van der Waals surface area contributed by atoms with E-state index in [1.165, 1.54) is 0 Å². The monoisotopic (exact) mass is 253 g/mol. The largest absolute Gasteiger partial charge is 0.382 e. The second-order valence-corrected chi connectivity index (χ2v) is 4.70. The molecule has 2 heterocycles. The minimum absolute atomic E-state index is 0.651. The Labute approximate surface area is 109 Å². The SMILES string of the molecule is OC1C(c2ccccc2)=NC2=C1CCc1nonc12. The molecule has 2 aliphatic rings. The van der Waals surface area contributed by atoms with E-state index in [4.69, 9.17) is 4.63 Å². The van der Waals surface area contributed by atoms with Gasteiger partial charge in [0.15, 0.2) is 5.69 Å². The summed E-state index contributed by atoms with van der Waals surface area (Å²) in [7, 11) is 0. The molecule has 1 aromatic carbocycles. The quantitative estimate of drug-likeness (QED) is 0.837. The fourth-order valence-corrected chi connectivity index (χ4v) is 2.64. The first kappa shape index (κ1) is 10.6. The number of aryl methyl sites for hydroxylation is 1. The maximum absolute atomic E-state index is 10.4. The fraction of sp³-hybridized carbons (Fsp3) is 0.214. The van der Waals surface area contributed by atoms with Crippen molar-refractivity contribution in [1.82, 2.24) is 10.3 Å². The molecule has 1 aliphatic carbocycles. The van der Waals surface area contributed by atoms with Gasteiger partial charge < -0.3 is 5.11 Å². The van der Waals surface area contributed by atoms with Gasteiger partial charge in [0.1, 0.15) is 11.8 Å². The molecule has 0 bridgehead atoms. The Morgan fingerprint density at radius 1 is 1.11 bits per heavy atom. The van der Waals surface area contributed by atoms with Crippen LogP contribution in [0.4, 0.5) is 0 Å².